The molecule has 0 amide bonds. The number of halogens is 3. The monoisotopic (exact) mass is 367 g/mol. The van der Waals surface area contributed by atoms with E-state index in [4.69, 9.17) is 4.74 Å². The number of esters is 1. The minimum absolute atomic E-state index is 0.229. The Morgan fingerprint density at radius 3 is 2.73 bits per heavy atom. The zero-order valence-electron chi connectivity index (χ0n) is 14.7. The molecule has 1 atom stereocenters. The lowest BCUT2D eigenvalue weighted by molar-refractivity contribution is -0.137. The van der Waals surface area contributed by atoms with Crippen LogP contribution >= 0.6 is 0 Å². The summed E-state index contributed by atoms with van der Waals surface area (Å²) in [7, 11) is 2.93. The average Bonchev–Trinajstić information content (AvgIpc) is 2.61. The Hall–Kier alpha value is -2.77. The number of benzene rings is 1. The van der Waals surface area contributed by atoms with Crippen molar-refractivity contribution in [3.63, 3.8) is 0 Å². The molecule has 1 heterocycles. The van der Waals surface area contributed by atoms with Crippen LogP contribution in [0.3, 0.4) is 0 Å². The van der Waals surface area contributed by atoms with E-state index in [2.05, 4.69) is 16.9 Å². The van der Waals surface area contributed by atoms with Crippen LogP contribution in [-0.4, -0.2) is 37.5 Å². The number of rotatable bonds is 4. The van der Waals surface area contributed by atoms with Gasteiger partial charge in [-0.1, -0.05) is 18.2 Å². The number of hydrogen-bond acceptors (Lipinski definition) is 3. The number of carbonyl (C=O) groups is 1. The molecule has 0 aromatic heterocycles. The van der Waals surface area contributed by atoms with E-state index in [1.807, 2.05) is 0 Å². The summed E-state index contributed by atoms with van der Waals surface area (Å²) < 4.78 is 44.0. The second-order valence-corrected chi connectivity index (χ2v) is 5.70. The minimum Gasteiger partial charge on any atom is -0.466 e. The number of carbonyl (C=O) groups excluding carboxylic acids is 1. The molecule has 0 saturated carbocycles. The maximum atomic E-state index is 13.1. The summed E-state index contributed by atoms with van der Waals surface area (Å²) in [4.78, 5) is 18.2. The first-order valence-electron chi connectivity index (χ1n) is 7.82. The first-order valence-corrected chi connectivity index (χ1v) is 7.82. The molecule has 0 bridgehead atoms. The fraction of sp³-hybridized carbons (Fsp3) is 0.333. The molecule has 1 unspecified atom stereocenters. The third kappa shape index (κ3) is 3.89. The highest BCUT2D eigenvalue weighted by Crippen LogP contribution is 2.35. The molecule has 26 heavy (non-hydrogen) atoms. The number of nitrogens with zero attached hydrogens (tertiary/aromatic N) is 2. The molecule has 140 valence electrons. The number of methoxy groups -OCH3 is 1. The van der Waals surface area contributed by atoms with Crippen molar-refractivity contribution < 1.29 is 22.7 Å². The second kappa shape index (κ2) is 7.63. The van der Waals surface area contributed by atoms with Crippen molar-refractivity contribution in [3.8, 4) is 0 Å². The van der Waals surface area contributed by atoms with E-state index in [1.165, 1.54) is 19.2 Å². The summed E-state index contributed by atoms with van der Waals surface area (Å²) in [6.07, 6.45) is -2.89. The Labute approximate surface area is 149 Å². The summed E-state index contributed by atoms with van der Waals surface area (Å²) in [5, 5.41) is 3.03. The normalized spacial score (nSPS) is 19.4. The summed E-state index contributed by atoms with van der Waals surface area (Å²) >= 11 is 0. The smallest absolute Gasteiger partial charge is 0.416 e. The van der Waals surface area contributed by atoms with Crippen molar-refractivity contribution in [1.29, 1.82) is 0 Å². The second-order valence-electron chi connectivity index (χ2n) is 5.70. The highest BCUT2D eigenvalue weighted by atomic mass is 19.4. The van der Waals surface area contributed by atoms with Crippen LogP contribution < -0.4 is 5.32 Å². The van der Waals surface area contributed by atoms with Gasteiger partial charge in [0.25, 0.3) is 0 Å². The number of guanidine groups is 1. The predicted octanol–water partition coefficient (Wildman–Crippen LogP) is 3.27. The number of nitrogens with one attached hydrogen (secondary N) is 1. The maximum Gasteiger partial charge on any atom is 0.416 e. The molecular weight excluding hydrogens is 347 g/mol. The van der Waals surface area contributed by atoms with Gasteiger partial charge >= 0.3 is 12.1 Å². The third-order valence-corrected chi connectivity index (χ3v) is 4.10. The van der Waals surface area contributed by atoms with E-state index in [9.17, 15) is 18.0 Å². The number of alkyl halides is 3. The lowest BCUT2D eigenvalue weighted by atomic mass is 9.93. The molecule has 1 aromatic rings. The molecule has 5 nitrogen and oxygen atoms in total. The number of ether oxygens (including phenoxy) is 1. The van der Waals surface area contributed by atoms with Crippen LogP contribution in [0.4, 0.5) is 13.2 Å². The zero-order chi connectivity index (χ0) is 19.5. The van der Waals surface area contributed by atoms with Crippen LogP contribution in [0.15, 0.2) is 53.2 Å². The zero-order valence-corrected chi connectivity index (χ0v) is 14.7. The van der Waals surface area contributed by atoms with Crippen LogP contribution in [-0.2, 0) is 15.7 Å². The van der Waals surface area contributed by atoms with Crippen molar-refractivity contribution in [2.45, 2.75) is 19.1 Å². The van der Waals surface area contributed by atoms with E-state index >= 15 is 0 Å². The van der Waals surface area contributed by atoms with Crippen LogP contribution in [0.5, 0.6) is 0 Å². The summed E-state index contributed by atoms with van der Waals surface area (Å²) in [5.41, 5.74) is 0.272. The first kappa shape index (κ1) is 19.6. The molecule has 0 aliphatic carbocycles. The van der Waals surface area contributed by atoms with Gasteiger partial charge in [0.05, 0.1) is 30.8 Å². The fourth-order valence-corrected chi connectivity index (χ4v) is 2.67. The van der Waals surface area contributed by atoms with Gasteiger partial charge in [-0.3, -0.25) is 0 Å². The Balaban J connectivity index is 2.59. The average molecular weight is 367 g/mol. The molecule has 8 heteroatoms. The lowest BCUT2D eigenvalue weighted by Crippen LogP contribution is -2.47. The van der Waals surface area contributed by atoms with Crippen molar-refractivity contribution in [3.05, 3.63) is 59.3 Å². The standard InChI is InChI=1S/C18H20F3N3O2/c1-5-9-22-17-23-15(14(16(25)26-4)11(2)24(17)3)12-7-6-8-13(10-12)18(19,20)21/h5-8,10,15H,1,9H2,2-4H3,(H,22,23). The molecule has 0 saturated heterocycles. The SMILES string of the molecule is C=CCN=C1NC(c2cccc(C(F)(F)F)c2)C(C(=O)OC)=C(C)N1C. The van der Waals surface area contributed by atoms with Gasteiger partial charge in [-0.05, 0) is 24.6 Å². The van der Waals surface area contributed by atoms with Gasteiger partial charge in [0.2, 0.25) is 0 Å². The van der Waals surface area contributed by atoms with E-state index in [-0.39, 0.29) is 5.57 Å². The van der Waals surface area contributed by atoms with Gasteiger partial charge in [-0.2, -0.15) is 13.2 Å². The van der Waals surface area contributed by atoms with Gasteiger partial charge < -0.3 is 15.0 Å². The number of hydrogen-bond donors (Lipinski definition) is 1. The molecule has 0 spiro atoms. The van der Waals surface area contributed by atoms with Gasteiger partial charge in [-0.25, -0.2) is 9.79 Å². The molecular formula is C18H20F3N3O2. The Bertz CT molecular complexity index is 769. The first-order chi connectivity index (χ1) is 12.2. The molecule has 0 radical (unpaired) electrons. The minimum atomic E-state index is -4.48. The lowest BCUT2D eigenvalue weighted by Gasteiger charge is -2.36. The quantitative estimate of drug-likeness (QED) is 0.656. The predicted molar refractivity (Wildman–Crippen MR) is 92.3 cm³/mol. The molecule has 2 rings (SSSR count). The van der Waals surface area contributed by atoms with Crippen molar-refractivity contribution in [1.82, 2.24) is 10.2 Å². The van der Waals surface area contributed by atoms with E-state index in [1.54, 1.807) is 24.9 Å². The van der Waals surface area contributed by atoms with Gasteiger partial charge in [-0.15, -0.1) is 6.58 Å². The largest absolute Gasteiger partial charge is 0.466 e. The van der Waals surface area contributed by atoms with Gasteiger partial charge in [0.1, 0.15) is 0 Å². The Morgan fingerprint density at radius 2 is 2.15 bits per heavy atom. The van der Waals surface area contributed by atoms with E-state index in [0.29, 0.717) is 23.8 Å². The van der Waals surface area contributed by atoms with Crippen molar-refractivity contribution in [2.75, 3.05) is 20.7 Å². The topological polar surface area (TPSA) is 53.9 Å². The highest BCUT2D eigenvalue weighted by molar-refractivity contribution is 5.96. The summed E-state index contributed by atoms with van der Waals surface area (Å²) in [6, 6.07) is 4.02. The van der Waals surface area contributed by atoms with Gasteiger partial charge in [0.15, 0.2) is 5.96 Å². The van der Waals surface area contributed by atoms with Crippen LogP contribution in [0.1, 0.15) is 24.1 Å². The van der Waals surface area contributed by atoms with E-state index in [0.717, 1.165) is 12.1 Å². The van der Waals surface area contributed by atoms with Crippen LogP contribution in [0.25, 0.3) is 0 Å². The van der Waals surface area contributed by atoms with Crippen LogP contribution in [0.2, 0.25) is 0 Å². The molecule has 0 fully saturated rings. The molecule has 1 aliphatic heterocycles. The Morgan fingerprint density at radius 1 is 1.46 bits per heavy atom. The summed E-state index contributed by atoms with van der Waals surface area (Å²) in [6.45, 7) is 5.61. The number of aliphatic imine (C=N–C) groups is 1. The van der Waals surface area contributed by atoms with Crippen LogP contribution in [0, 0.1) is 0 Å². The highest BCUT2D eigenvalue weighted by Gasteiger charge is 2.36. The Kier molecular flexibility index (Phi) is 5.74. The number of allylic oxidation sites excluding steroid dienone is 1. The molecule has 1 aromatic carbocycles. The molecule has 1 N–H and O–H groups in total. The van der Waals surface area contributed by atoms with Crippen molar-refractivity contribution in [2.24, 2.45) is 4.99 Å². The van der Waals surface area contributed by atoms with E-state index < -0.39 is 23.8 Å². The van der Waals surface area contributed by atoms with Gasteiger partial charge in [0, 0.05) is 12.7 Å². The molecule has 1 aliphatic rings. The third-order valence-electron chi connectivity index (χ3n) is 4.10. The summed E-state index contributed by atoms with van der Waals surface area (Å²) in [5.74, 6) is -0.190. The fourth-order valence-electron chi connectivity index (χ4n) is 2.67. The van der Waals surface area contributed by atoms with Crippen molar-refractivity contribution >= 4 is 11.9 Å². The maximum absolute atomic E-state index is 13.1.